The minimum atomic E-state index is -0.885. The van der Waals surface area contributed by atoms with Crippen LogP contribution >= 0.6 is 11.6 Å². The van der Waals surface area contributed by atoms with Crippen LogP contribution in [0.15, 0.2) is 36.4 Å². The highest BCUT2D eigenvalue weighted by Gasteiger charge is 2.41. The molecule has 0 aromatic heterocycles. The second-order valence-electron chi connectivity index (χ2n) is 6.91. The minimum absolute atomic E-state index is 0.214. The molecule has 1 fully saturated rings. The van der Waals surface area contributed by atoms with Gasteiger partial charge in [-0.1, -0.05) is 36.2 Å². The molecular formula is C20H20ClNO2. The number of anilines is 1. The van der Waals surface area contributed by atoms with Crippen molar-refractivity contribution in [3.63, 3.8) is 0 Å². The summed E-state index contributed by atoms with van der Waals surface area (Å²) in [5.74, 6) is 0.106. The maximum absolute atomic E-state index is 11.1. The summed E-state index contributed by atoms with van der Waals surface area (Å²) in [4.78, 5) is 11.1. The van der Waals surface area contributed by atoms with Crippen LogP contribution in [0.3, 0.4) is 0 Å². The number of nitrogens with one attached hydrogen (secondary N) is 1. The molecule has 2 N–H and O–H groups in total. The molecule has 1 saturated carbocycles. The summed E-state index contributed by atoms with van der Waals surface area (Å²) in [5, 5.41) is 13.7. The first-order valence-electron chi connectivity index (χ1n) is 8.45. The summed E-state index contributed by atoms with van der Waals surface area (Å²) >= 11 is 6.62. The molecule has 2 aromatic carbocycles. The Morgan fingerprint density at radius 3 is 2.62 bits per heavy atom. The van der Waals surface area contributed by atoms with Crippen molar-refractivity contribution in [3.05, 3.63) is 63.7 Å². The van der Waals surface area contributed by atoms with Crippen LogP contribution in [0, 0.1) is 12.8 Å². The molecule has 24 heavy (non-hydrogen) atoms. The molecule has 0 unspecified atom stereocenters. The van der Waals surface area contributed by atoms with Gasteiger partial charge < -0.3 is 10.4 Å². The number of carbonyl (C=O) groups is 1. The van der Waals surface area contributed by atoms with Crippen LogP contribution in [0.2, 0.25) is 5.02 Å². The lowest BCUT2D eigenvalue weighted by molar-refractivity contribution is 0.0697. The molecule has 2 aliphatic rings. The van der Waals surface area contributed by atoms with Gasteiger partial charge in [-0.05, 0) is 66.5 Å². The van der Waals surface area contributed by atoms with Gasteiger partial charge >= 0.3 is 5.97 Å². The van der Waals surface area contributed by atoms with Gasteiger partial charge in [-0.25, -0.2) is 4.79 Å². The number of rotatable bonds is 2. The van der Waals surface area contributed by atoms with Crippen molar-refractivity contribution in [2.45, 2.75) is 38.1 Å². The van der Waals surface area contributed by atoms with Crippen molar-refractivity contribution < 1.29 is 9.90 Å². The van der Waals surface area contributed by atoms with E-state index in [4.69, 9.17) is 16.7 Å². The Labute approximate surface area is 146 Å². The van der Waals surface area contributed by atoms with Crippen LogP contribution in [0.1, 0.15) is 58.3 Å². The summed E-state index contributed by atoms with van der Waals surface area (Å²) in [6.07, 6.45) is 3.56. The van der Waals surface area contributed by atoms with E-state index in [2.05, 4.69) is 24.4 Å². The third-order valence-electron chi connectivity index (χ3n) is 5.57. The summed E-state index contributed by atoms with van der Waals surface area (Å²) < 4.78 is 0. The Kier molecular flexibility index (Phi) is 3.76. The number of aromatic carboxylic acids is 1. The zero-order valence-corrected chi connectivity index (χ0v) is 14.3. The molecule has 4 rings (SSSR count). The lowest BCUT2D eigenvalue weighted by atomic mass is 9.77. The van der Waals surface area contributed by atoms with E-state index in [0.29, 0.717) is 17.4 Å². The molecular weight excluding hydrogens is 322 g/mol. The Balaban J connectivity index is 1.75. The molecule has 0 saturated heterocycles. The summed E-state index contributed by atoms with van der Waals surface area (Å²) in [6.45, 7) is 2.06. The number of halogens is 1. The molecule has 0 spiro atoms. The monoisotopic (exact) mass is 341 g/mol. The van der Waals surface area contributed by atoms with Gasteiger partial charge in [0.2, 0.25) is 0 Å². The highest BCUT2D eigenvalue weighted by Crippen LogP contribution is 2.54. The average molecular weight is 342 g/mol. The Hall–Kier alpha value is -2.00. The third-order valence-corrected chi connectivity index (χ3v) is 6.07. The molecule has 124 valence electrons. The fraction of sp³-hybridized carbons (Fsp3) is 0.350. The van der Waals surface area contributed by atoms with Gasteiger partial charge in [0.05, 0.1) is 11.6 Å². The van der Waals surface area contributed by atoms with Crippen LogP contribution in [0.5, 0.6) is 0 Å². The standard InChI is InChI=1S/C20H20ClNO2/c1-11-5-10-16-17(18(11)21)14-3-2-4-15(14)19(22-16)12-6-8-13(9-7-12)20(23)24/h5-10,14-15,19,22H,2-4H2,1H3,(H,23,24)/t14-,15+,19+/m1/s1. The zero-order chi connectivity index (χ0) is 16.8. The van der Waals surface area contributed by atoms with Crippen molar-refractivity contribution >= 4 is 23.3 Å². The van der Waals surface area contributed by atoms with E-state index in [0.717, 1.165) is 21.8 Å². The van der Waals surface area contributed by atoms with Crippen molar-refractivity contribution in [1.82, 2.24) is 0 Å². The molecule has 1 aliphatic heterocycles. The molecule has 2 aromatic rings. The predicted molar refractivity (Wildman–Crippen MR) is 96.0 cm³/mol. The third kappa shape index (κ3) is 2.39. The average Bonchev–Trinajstić information content (AvgIpc) is 3.07. The van der Waals surface area contributed by atoms with Crippen molar-refractivity contribution in [2.24, 2.45) is 5.92 Å². The van der Waals surface area contributed by atoms with Gasteiger partial charge in [0.1, 0.15) is 0 Å². The summed E-state index contributed by atoms with van der Waals surface area (Å²) in [7, 11) is 0. The van der Waals surface area contributed by atoms with Crippen molar-refractivity contribution in [2.75, 3.05) is 5.32 Å². The summed E-state index contributed by atoms with van der Waals surface area (Å²) in [6, 6.07) is 11.7. The normalized spacial score (nSPS) is 24.8. The first kappa shape index (κ1) is 15.5. The van der Waals surface area contributed by atoms with Gasteiger partial charge in [-0.2, -0.15) is 0 Å². The lowest BCUT2D eigenvalue weighted by Gasteiger charge is -2.38. The second-order valence-corrected chi connectivity index (χ2v) is 7.29. The van der Waals surface area contributed by atoms with Crippen molar-refractivity contribution in [1.29, 1.82) is 0 Å². The Bertz CT molecular complexity index is 800. The number of benzene rings is 2. The van der Waals surface area contributed by atoms with Gasteiger partial charge in [-0.3, -0.25) is 0 Å². The van der Waals surface area contributed by atoms with Gasteiger partial charge in [0.15, 0.2) is 0 Å². The fourth-order valence-electron chi connectivity index (χ4n) is 4.37. The smallest absolute Gasteiger partial charge is 0.335 e. The lowest BCUT2D eigenvalue weighted by Crippen LogP contribution is -2.29. The zero-order valence-electron chi connectivity index (χ0n) is 13.6. The van der Waals surface area contributed by atoms with E-state index in [9.17, 15) is 4.79 Å². The molecule has 0 radical (unpaired) electrons. The Morgan fingerprint density at radius 1 is 1.17 bits per heavy atom. The number of carboxylic acids is 1. The first-order chi connectivity index (χ1) is 11.6. The number of hydrogen-bond acceptors (Lipinski definition) is 2. The number of fused-ring (bicyclic) bond motifs is 3. The molecule has 1 heterocycles. The van der Waals surface area contributed by atoms with E-state index >= 15 is 0 Å². The van der Waals surface area contributed by atoms with Gasteiger partial charge in [-0.15, -0.1) is 0 Å². The topological polar surface area (TPSA) is 49.3 Å². The number of aryl methyl sites for hydroxylation is 1. The van der Waals surface area contributed by atoms with Crippen LogP contribution in [0.4, 0.5) is 5.69 Å². The minimum Gasteiger partial charge on any atom is -0.478 e. The SMILES string of the molecule is Cc1ccc2c(c1Cl)[C@@H]1CCC[C@@H]1[C@H](c1ccc(C(=O)O)cc1)N2. The number of hydrogen-bond donors (Lipinski definition) is 2. The molecule has 3 atom stereocenters. The molecule has 3 nitrogen and oxygen atoms in total. The predicted octanol–water partition coefficient (Wildman–Crippen LogP) is 5.40. The second kappa shape index (κ2) is 5.82. The van der Waals surface area contributed by atoms with Crippen LogP contribution in [0.25, 0.3) is 0 Å². The number of carboxylic acid groups (broad SMARTS) is 1. The maximum atomic E-state index is 11.1. The molecule has 4 heteroatoms. The van der Waals surface area contributed by atoms with E-state index in [1.54, 1.807) is 12.1 Å². The van der Waals surface area contributed by atoms with E-state index < -0.39 is 5.97 Å². The Morgan fingerprint density at radius 2 is 1.92 bits per heavy atom. The van der Waals surface area contributed by atoms with Crippen molar-refractivity contribution in [3.8, 4) is 0 Å². The molecule has 0 bridgehead atoms. The largest absolute Gasteiger partial charge is 0.478 e. The highest BCUT2D eigenvalue weighted by molar-refractivity contribution is 6.32. The van der Waals surface area contributed by atoms with Gasteiger partial charge in [0.25, 0.3) is 0 Å². The fourth-order valence-corrected chi connectivity index (χ4v) is 4.68. The quantitative estimate of drug-likeness (QED) is 0.769. The highest BCUT2D eigenvalue weighted by atomic mass is 35.5. The van der Waals surface area contributed by atoms with Crippen LogP contribution < -0.4 is 5.32 Å². The van der Waals surface area contributed by atoms with E-state index in [1.807, 2.05) is 12.1 Å². The van der Waals surface area contributed by atoms with E-state index in [-0.39, 0.29) is 6.04 Å². The van der Waals surface area contributed by atoms with Crippen LogP contribution in [-0.4, -0.2) is 11.1 Å². The maximum Gasteiger partial charge on any atom is 0.335 e. The van der Waals surface area contributed by atoms with Gasteiger partial charge in [0, 0.05) is 10.7 Å². The molecule has 0 amide bonds. The summed E-state index contributed by atoms with van der Waals surface area (Å²) in [5.41, 5.74) is 5.02. The van der Waals surface area contributed by atoms with Crippen LogP contribution in [-0.2, 0) is 0 Å². The van der Waals surface area contributed by atoms with E-state index in [1.165, 1.54) is 24.8 Å². The first-order valence-corrected chi connectivity index (χ1v) is 8.83. The molecule has 1 aliphatic carbocycles.